The van der Waals surface area contributed by atoms with Crippen molar-refractivity contribution in [3.63, 3.8) is 0 Å². The fraction of sp³-hybridized carbons (Fsp3) is 0.344. The number of fused-ring (bicyclic) bond motifs is 2. The van der Waals surface area contributed by atoms with Crippen molar-refractivity contribution < 1.29 is 46.9 Å². The van der Waals surface area contributed by atoms with Crippen molar-refractivity contribution in [1.82, 2.24) is 0 Å². The van der Waals surface area contributed by atoms with Gasteiger partial charge in [-0.1, -0.05) is 18.6 Å². The quantitative estimate of drug-likeness (QED) is 0.109. The summed E-state index contributed by atoms with van der Waals surface area (Å²) in [6.45, 7) is 1.43. The third-order valence-corrected chi connectivity index (χ3v) is 6.83. The molecule has 244 valence electrons. The number of nitrogens with two attached hydrogens (primary N) is 2. The van der Waals surface area contributed by atoms with E-state index in [1.165, 1.54) is 24.3 Å². The van der Waals surface area contributed by atoms with Gasteiger partial charge in [-0.2, -0.15) is 0 Å². The Morgan fingerprint density at radius 2 is 1.37 bits per heavy atom. The second-order valence-corrected chi connectivity index (χ2v) is 10.00. The Morgan fingerprint density at radius 3 is 1.87 bits per heavy atom. The lowest BCUT2D eigenvalue weighted by molar-refractivity contribution is -0.154. The van der Waals surface area contributed by atoms with Crippen molar-refractivity contribution in [2.45, 2.75) is 38.3 Å². The third kappa shape index (κ3) is 7.71. The maximum absolute atomic E-state index is 13.2. The molecule has 0 amide bonds. The summed E-state index contributed by atoms with van der Waals surface area (Å²) in [7, 11) is 1.13. The van der Waals surface area contributed by atoms with Crippen LogP contribution in [0.4, 0.5) is 0 Å². The maximum Gasteiger partial charge on any atom is 0.345 e. The van der Waals surface area contributed by atoms with Gasteiger partial charge in [-0.15, -0.1) is 0 Å². The van der Waals surface area contributed by atoms with Gasteiger partial charge in [-0.05, 0) is 50.6 Å². The van der Waals surface area contributed by atoms with Gasteiger partial charge in [-0.3, -0.25) is 14.4 Å². The first-order chi connectivity index (χ1) is 22.2. The molecule has 2 aromatic carbocycles. The summed E-state index contributed by atoms with van der Waals surface area (Å²) in [5.74, 6) is -2.40. The Hall–Kier alpha value is -5.21. The smallest absolute Gasteiger partial charge is 0.345 e. The Bertz CT molecular complexity index is 1830. The van der Waals surface area contributed by atoms with Crippen molar-refractivity contribution >= 4 is 39.8 Å². The normalized spacial score (nSPS) is 12.3. The number of esters is 3. The summed E-state index contributed by atoms with van der Waals surface area (Å²) >= 11 is 0. The van der Waals surface area contributed by atoms with Gasteiger partial charge in [-0.25, -0.2) is 9.59 Å². The van der Waals surface area contributed by atoms with Gasteiger partial charge in [0.2, 0.25) is 10.9 Å². The minimum Gasteiger partial charge on any atom is -0.489 e. The molecule has 2 aromatic heterocycles. The van der Waals surface area contributed by atoms with Crippen LogP contribution >= 0.6 is 0 Å². The number of carbonyl (C=O) groups is 3. The van der Waals surface area contributed by atoms with Gasteiger partial charge in [0.25, 0.3) is 0 Å². The molecule has 0 saturated heterocycles. The maximum atomic E-state index is 13.2. The summed E-state index contributed by atoms with van der Waals surface area (Å²) < 4.78 is 38.0. The fourth-order valence-electron chi connectivity index (χ4n) is 4.49. The lowest BCUT2D eigenvalue weighted by Crippen LogP contribution is -2.39. The standard InChI is InChI=1S/C32H34N2O12/c1-3-41-31(38)20-17-45-25-12-7-10-23(27(25)29(20)36)43-15-18(46-32(39)21(34)8-4-5-13-33)14-42-22-9-6-11-24-26(22)28(35)19(16-44-24)30(37)40-2/h6-7,9-12,16-18,21H,3-5,8,13-15,33-34H2,1-2H3/t18?,21-/m0/s1. The first kappa shape index (κ1) is 33.7. The second-order valence-electron chi connectivity index (χ2n) is 10.00. The van der Waals surface area contributed by atoms with Crippen LogP contribution in [-0.2, 0) is 19.0 Å². The molecular weight excluding hydrogens is 604 g/mol. The molecule has 0 aliphatic rings. The molecular formula is C32H34N2O12. The molecule has 0 spiro atoms. The SMILES string of the molecule is CCOC(=O)c1coc2cccc(OCC(COc3cccc4occ(C(=O)OC)c(=O)c34)OC(=O)[C@@H](N)CCCCN)c2c1=O. The van der Waals surface area contributed by atoms with Crippen LogP contribution in [0.3, 0.4) is 0 Å². The largest absolute Gasteiger partial charge is 0.489 e. The predicted molar refractivity (Wildman–Crippen MR) is 164 cm³/mol. The summed E-state index contributed by atoms with van der Waals surface area (Å²) in [5.41, 5.74) is 9.85. The fourth-order valence-corrected chi connectivity index (χ4v) is 4.49. The summed E-state index contributed by atoms with van der Waals surface area (Å²) in [4.78, 5) is 63.7. The Labute approximate surface area is 262 Å². The van der Waals surface area contributed by atoms with Gasteiger partial charge in [0.05, 0.1) is 13.7 Å². The zero-order valence-electron chi connectivity index (χ0n) is 25.3. The molecule has 2 atom stereocenters. The highest BCUT2D eigenvalue weighted by molar-refractivity contribution is 5.95. The zero-order valence-corrected chi connectivity index (χ0v) is 25.3. The summed E-state index contributed by atoms with van der Waals surface area (Å²) in [6.07, 6.45) is 2.50. The second kappa shape index (κ2) is 15.7. The van der Waals surface area contributed by atoms with Crippen LogP contribution in [0, 0.1) is 0 Å². The molecule has 1 unspecified atom stereocenters. The van der Waals surface area contributed by atoms with Crippen LogP contribution in [-0.4, -0.2) is 63.5 Å². The van der Waals surface area contributed by atoms with Gasteiger partial charge >= 0.3 is 17.9 Å². The van der Waals surface area contributed by atoms with Gasteiger partial charge in [0.15, 0.2) is 6.10 Å². The molecule has 4 aromatic rings. The Kier molecular flexibility index (Phi) is 11.5. The number of methoxy groups -OCH3 is 1. The molecule has 0 radical (unpaired) electrons. The lowest BCUT2D eigenvalue weighted by Gasteiger charge is -2.21. The van der Waals surface area contributed by atoms with E-state index < -0.39 is 40.9 Å². The monoisotopic (exact) mass is 638 g/mol. The molecule has 46 heavy (non-hydrogen) atoms. The minimum atomic E-state index is -1.12. The van der Waals surface area contributed by atoms with E-state index in [-0.39, 0.29) is 64.4 Å². The van der Waals surface area contributed by atoms with E-state index in [0.717, 1.165) is 19.6 Å². The first-order valence-electron chi connectivity index (χ1n) is 14.5. The summed E-state index contributed by atoms with van der Waals surface area (Å²) in [6, 6.07) is 8.18. The average molecular weight is 639 g/mol. The molecule has 14 nitrogen and oxygen atoms in total. The van der Waals surface area contributed by atoms with E-state index in [0.29, 0.717) is 25.8 Å². The highest BCUT2D eigenvalue weighted by Crippen LogP contribution is 2.26. The molecule has 4 N–H and O–H groups in total. The third-order valence-electron chi connectivity index (χ3n) is 6.83. The van der Waals surface area contributed by atoms with Gasteiger partial charge in [0.1, 0.15) is 76.3 Å². The van der Waals surface area contributed by atoms with Crippen molar-refractivity contribution in [3.05, 3.63) is 80.5 Å². The highest BCUT2D eigenvalue weighted by Gasteiger charge is 2.25. The number of rotatable bonds is 15. The number of hydrogen-bond acceptors (Lipinski definition) is 14. The topological polar surface area (TPSA) is 210 Å². The molecule has 4 rings (SSSR count). The van der Waals surface area contributed by atoms with Crippen LogP contribution in [0.25, 0.3) is 21.9 Å². The number of unbranched alkanes of at least 4 members (excludes halogenated alkanes) is 1. The van der Waals surface area contributed by atoms with E-state index in [9.17, 15) is 24.0 Å². The van der Waals surface area contributed by atoms with Crippen molar-refractivity contribution in [2.75, 3.05) is 33.5 Å². The molecule has 0 bridgehead atoms. The Morgan fingerprint density at radius 1 is 0.826 bits per heavy atom. The Balaban J connectivity index is 1.63. The van der Waals surface area contributed by atoms with Crippen LogP contribution < -0.4 is 31.8 Å². The van der Waals surface area contributed by atoms with Gasteiger partial charge in [0, 0.05) is 0 Å². The summed E-state index contributed by atoms with van der Waals surface area (Å²) in [5, 5.41) is -0.0624. The van der Waals surface area contributed by atoms with E-state index in [2.05, 4.69) is 4.74 Å². The van der Waals surface area contributed by atoms with Crippen molar-refractivity contribution in [1.29, 1.82) is 0 Å². The molecule has 0 saturated carbocycles. The number of carbonyl (C=O) groups excluding carboxylic acids is 3. The molecule has 14 heteroatoms. The van der Waals surface area contributed by atoms with Crippen molar-refractivity contribution in [2.24, 2.45) is 11.5 Å². The minimum absolute atomic E-state index is 0.0282. The van der Waals surface area contributed by atoms with Crippen LogP contribution in [0.15, 0.2) is 67.3 Å². The predicted octanol–water partition coefficient (Wildman–Crippen LogP) is 2.69. The molecule has 0 aliphatic carbocycles. The highest BCUT2D eigenvalue weighted by atomic mass is 16.6. The number of benzene rings is 2. The van der Waals surface area contributed by atoms with E-state index >= 15 is 0 Å². The van der Waals surface area contributed by atoms with Crippen molar-refractivity contribution in [3.8, 4) is 11.5 Å². The lowest BCUT2D eigenvalue weighted by atomic mass is 10.1. The average Bonchev–Trinajstić information content (AvgIpc) is 3.05. The first-order valence-corrected chi connectivity index (χ1v) is 14.5. The van der Waals surface area contributed by atoms with Crippen LogP contribution in [0.5, 0.6) is 11.5 Å². The molecule has 0 fully saturated rings. The van der Waals surface area contributed by atoms with Gasteiger partial charge < -0.3 is 44.0 Å². The van der Waals surface area contributed by atoms with E-state index in [1.54, 1.807) is 19.1 Å². The molecule has 2 heterocycles. The van der Waals surface area contributed by atoms with Crippen LogP contribution in [0.1, 0.15) is 46.9 Å². The van der Waals surface area contributed by atoms with E-state index in [1.807, 2.05) is 0 Å². The zero-order chi connectivity index (χ0) is 33.2. The van der Waals surface area contributed by atoms with E-state index in [4.69, 9.17) is 39.2 Å². The number of ether oxygens (including phenoxy) is 5. The molecule has 0 aliphatic heterocycles. The van der Waals surface area contributed by atoms with Crippen LogP contribution in [0.2, 0.25) is 0 Å². The number of hydrogen-bond donors (Lipinski definition) is 2.